The third kappa shape index (κ3) is 1.95. The van der Waals surface area contributed by atoms with E-state index in [4.69, 9.17) is 21.1 Å². The molecule has 0 aliphatic carbocycles. The van der Waals surface area contributed by atoms with Gasteiger partial charge in [0.05, 0.1) is 12.6 Å². The van der Waals surface area contributed by atoms with Crippen LogP contribution in [0.3, 0.4) is 0 Å². The van der Waals surface area contributed by atoms with Crippen molar-refractivity contribution in [2.24, 2.45) is 10.8 Å². The molecule has 0 bridgehead atoms. The summed E-state index contributed by atoms with van der Waals surface area (Å²) < 4.78 is 4.97. The Balaban J connectivity index is 2.77. The molecule has 0 spiro atoms. The standard InChI is InChI=1S/C6H12N4O4/c7-3-5(13)4(12)2(1-11)14-6(3)9-10-8/h2-6,11-13H,1,7H2. The van der Waals surface area contributed by atoms with Crippen LogP contribution in [-0.4, -0.2) is 52.5 Å². The highest BCUT2D eigenvalue weighted by Crippen LogP contribution is 2.20. The van der Waals surface area contributed by atoms with E-state index in [2.05, 4.69) is 10.0 Å². The molecular weight excluding hydrogens is 192 g/mol. The summed E-state index contributed by atoms with van der Waals surface area (Å²) in [6, 6.07) is -0.997. The van der Waals surface area contributed by atoms with Gasteiger partial charge in [0, 0.05) is 4.91 Å². The number of nitrogens with two attached hydrogens (primary N) is 1. The van der Waals surface area contributed by atoms with Gasteiger partial charge in [0.15, 0.2) is 6.23 Å². The Morgan fingerprint density at radius 3 is 2.57 bits per heavy atom. The van der Waals surface area contributed by atoms with E-state index >= 15 is 0 Å². The molecule has 0 aromatic rings. The summed E-state index contributed by atoms with van der Waals surface area (Å²) in [7, 11) is 0. The summed E-state index contributed by atoms with van der Waals surface area (Å²) in [6.45, 7) is -0.484. The first-order valence-corrected chi connectivity index (χ1v) is 4.04. The van der Waals surface area contributed by atoms with Crippen LogP contribution in [0.4, 0.5) is 0 Å². The minimum absolute atomic E-state index is 0.484. The highest BCUT2D eigenvalue weighted by atomic mass is 16.5. The normalized spacial score (nSPS) is 43.0. The summed E-state index contributed by atoms with van der Waals surface area (Å²) >= 11 is 0. The number of azide groups is 1. The Bertz CT molecular complexity index is 242. The lowest BCUT2D eigenvalue weighted by molar-refractivity contribution is -0.186. The molecule has 80 valence electrons. The van der Waals surface area contributed by atoms with E-state index in [1.165, 1.54) is 0 Å². The average molecular weight is 204 g/mol. The molecule has 0 aromatic carbocycles. The molecule has 8 heteroatoms. The van der Waals surface area contributed by atoms with Crippen molar-refractivity contribution in [2.75, 3.05) is 6.61 Å². The molecule has 1 aliphatic rings. The SMILES string of the molecule is [N-]=[N+]=NC1OC(CO)C(O)C(O)C1N. The van der Waals surface area contributed by atoms with Crippen LogP contribution in [0.15, 0.2) is 5.11 Å². The second-order valence-corrected chi connectivity index (χ2v) is 3.01. The van der Waals surface area contributed by atoms with E-state index in [0.29, 0.717) is 0 Å². The van der Waals surface area contributed by atoms with Gasteiger partial charge in [0.25, 0.3) is 0 Å². The Labute approximate surface area is 79.5 Å². The number of hydrogen-bond acceptors (Lipinski definition) is 6. The molecule has 0 radical (unpaired) electrons. The maximum absolute atomic E-state index is 9.40. The predicted octanol–water partition coefficient (Wildman–Crippen LogP) is -1.94. The van der Waals surface area contributed by atoms with Gasteiger partial charge >= 0.3 is 0 Å². The van der Waals surface area contributed by atoms with Gasteiger partial charge in [-0.15, -0.1) is 0 Å². The van der Waals surface area contributed by atoms with Crippen LogP contribution in [0.25, 0.3) is 10.4 Å². The lowest BCUT2D eigenvalue weighted by Gasteiger charge is -2.38. The van der Waals surface area contributed by atoms with E-state index in [1.807, 2.05) is 0 Å². The Kier molecular flexibility index (Phi) is 3.64. The molecule has 0 amide bonds. The lowest BCUT2D eigenvalue weighted by Crippen LogP contribution is -2.61. The lowest BCUT2D eigenvalue weighted by atomic mass is 9.97. The zero-order chi connectivity index (χ0) is 10.7. The fraction of sp³-hybridized carbons (Fsp3) is 1.00. The maximum atomic E-state index is 9.40. The zero-order valence-electron chi connectivity index (χ0n) is 7.26. The van der Waals surface area contributed by atoms with Gasteiger partial charge in [0.1, 0.15) is 18.3 Å². The molecule has 0 aromatic heterocycles. The summed E-state index contributed by atoms with van der Waals surface area (Å²) in [4.78, 5) is 2.48. The molecule has 5 N–H and O–H groups in total. The summed E-state index contributed by atoms with van der Waals surface area (Å²) in [5.41, 5.74) is 13.6. The molecule has 8 nitrogen and oxygen atoms in total. The fourth-order valence-electron chi connectivity index (χ4n) is 1.27. The highest BCUT2D eigenvalue weighted by Gasteiger charge is 2.41. The van der Waals surface area contributed by atoms with Crippen molar-refractivity contribution < 1.29 is 20.1 Å². The molecule has 1 heterocycles. The number of aliphatic hydroxyl groups excluding tert-OH is 3. The first kappa shape index (κ1) is 11.2. The summed E-state index contributed by atoms with van der Waals surface area (Å²) in [6.07, 6.45) is -4.62. The van der Waals surface area contributed by atoms with Crippen LogP contribution in [0.5, 0.6) is 0 Å². The Morgan fingerprint density at radius 2 is 2.07 bits per heavy atom. The van der Waals surface area contributed by atoms with Crippen molar-refractivity contribution in [3.05, 3.63) is 10.4 Å². The monoisotopic (exact) mass is 204 g/mol. The van der Waals surface area contributed by atoms with Crippen LogP contribution in [0.2, 0.25) is 0 Å². The number of ether oxygens (including phenoxy) is 1. The molecule has 1 aliphatic heterocycles. The highest BCUT2D eigenvalue weighted by molar-refractivity contribution is 4.93. The van der Waals surface area contributed by atoms with E-state index in [9.17, 15) is 10.2 Å². The van der Waals surface area contributed by atoms with E-state index in [0.717, 1.165) is 0 Å². The van der Waals surface area contributed by atoms with E-state index in [-0.39, 0.29) is 0 Å². The molecule has 1 fully saturated rings. The second kappa shape index (κ2) is 4.56. The maximum Gasteiger partial charge on any atom is 0.154 e. The van der Waals surface area contributed by atoms with Crippen molar-refractivity contribution in [1.29, 1.82) is 0 Å². The van der Waals surface area contributed by atoms with Gasteiger partial charge in [-0.05, 0) is 5.53 Å². The minimum Gasteiger partial charge on any atom is -0.394 e. The molecule has 0 saturated carbocycles. The van der Waals surface area contributed by atoms with Crippen LogP contribution in [-0.2, 0) is 4.74 Å². The molecule has 5 unspecified atom stereocenters. The zero-order valence-corrected chi connectivity index (χ0v) is 7.26. The van der Waals surface area contributed by atoms with Gasteiger partial charge in [0.2, 0.25) is 0 Å². The number of rotatable bonds is 2. The van der Waals surface area contributed by atoms with Crippen LogP contribution in [0, 0.1) is 0 Å². The average Bonchev–Trinajstić information content (AvgIpc) is 2.19. The van der Waals surface area contributed by atoms with Crippen molar-refractivity contribution in [3.63, 3.8) is 0 Å². The molecule has 1 saturated heterocycles. The molecule has 1 rings (SSSR count). The molecule has 5 atom stereocenters. The number of hydrogen-bond donors (Lipinski definition) is 4. The third-order valence-electron chi connectivity index (χ3n) is 2.11. The van der Waals surface area contributed by atoms with Gasteiger partial charge < -0.3 is 25.8 Å². The van der Waals surface area contributed by atoms with Crippen molar-refractivity contribution in [3.8, 4) is 0 Å². The first-order valence-electron chi connectivity index (χ1n) is 4.04. The van der Waals surface area contributed by atoms with E-state index < -0.39 is 37.2 Å². The third-order valence-corrected chi connectivity index (χ3v) is 2.11. The smallest absolute Gasteiger partial charge is 0.154 e. The van der Waals surface area contributed by atoms with Crippen molar-refractivity contribution >= 4 is 0 Å². The van der Waals surface area contributed by atoms with E-state index in [1.54, 1.807) is 0 Å². The predicted molar refractivity (Wildman–Crippen MR) is 44.9 cm³/mol. The largest absolute Gasteiger partial charge is 0.394 e. The van der Waals surface area contributed by atoms with Gasteiger partial charge in [-0.2, -0.15) is 0 Å². The Hall–Kier alpha value is -0.890. The number of aliphatic hydroxyl groups is 3. The Morgan fingerprint density at radius 1 is 1.43 bits per heavy atom. The topological polar surface area (TPSA) is 145 Å². The number of nitrogens with zero attached hydrogens (tertiary/aromatic N) is 3. The van der Waals surface area contributed by atoms with Crippen LogP contribution >= 0.6 is 0 Å². The molecular formula is C6H12N4O4. The van der Waals surface area contributed by atoms with Crippen molar-refractivity contribution in [2.45, 2.75) is 30.6 Å². The first-order chi connectivity index (χ1) is 6.61. The van der Waals surface area contributed by atoms with Gasteiger partial charge in [-0.1, -0.05) is 5.11 Å². The molecule has 14 heavy (non-hydrogen) atoms. The van der Waals surface area contributed by atoms with Crippen LogP contribution < -0.4 is 5.73 Å². The van der Waals surface area contributed by atoms with Gasteiger partial charge in [-0.25, -0.2) is 0 Å². The quantitative estimate of drug-likeness (QED) is 0.235. The second-order valence-electron chi connectivity index (χ2n) is 3.01. The van der Waals surface area contributed by atoms with Gasteiger partial charge in [-0.3, -0.25) is 0 Å². The van der Waals surface area contributed by atoms with Crippen molar-refractivity contribution in [1.82, 2.24) is 0 Å². The van der Waals surface area contributed by atoms with Crippen LogP contribution in [0.1, 0.15) is 0 Å². The fourth-order valence-corrected chi connectivity index (χ4v) is 1.27. The summed E-state index contributed by atoms with van der Waals surface area (Å²) in [5, 5.41) is 30.7. The summed E-state index contributed by atoms with van der Waals surface area (Å²) in [5.74, 6) is 0. The minimum atomic E-state index is -1.28.